The van der Waals surface area contributed by atoms with Gasteiger partial charge >= 0.3 is 0 Å². The molecule has 4 nitrogen and oxygen atoms in total. The van der Waals surface area contributed by atoms with Crippen molar-refractivity contribution >= 4 is 5.91 Å². The fraction of sp³-hybridized carbons (Fsp3) is 0.562. The molecule has 0 saturated carbocycles. The van der Waals surface area contributed by atoms with Crippen LogP contribution in [0.15, 0.2) is 24.3 Å². The Morgan fingerprint density at radius 1 is 1.33 bits per heavy atom. The molecule has 21 heavy (non-hydrogen) atoms. The van der Waals surface area contributed by atoms with Gasteiger partial charge in [0.05, 0.1) is 0 Å². The maximum Gasteiger partial charge on any atom is 0.242 e. The molecule has 0 spiro atoms. The van der Waals surface area contributed by atoms with Crippen molar-refractivity contribution in [2.24, 2.45) is 5.73 Å². The fourth-order valence-electron chi connectivity index (χ4n) is 2.56. The van der Waals surface area contributed by atoms with E-state index in [2.05, 4.69) is 24.1 Å². The van der Waals surface area contributed by atoms with Gasteiger partial charge in [-0.1, -0.05) is 32.9 Å². The van der Waals surface area contributed by atoms with Gasteiger partial charge in [-0.2, -0.15) is 0 Å². The third kappa shape index (κ3) is 4.25. The molecular weight excluding hydrogens is 269 g/mol. The van der Waals surface area contributed by atoms with Crippen LogP contribution in [-0.2, 0) is 10.3 Å². The summed E-state index contributed by atoms with van der Waals surface area (Å²) in [6.07, 6.45) is 0.476. The summed E-state index contributed by atoms with van der Waals surface area (Å²) in [6, 6.07) is 6.07. The first-order valence-electron chi connectivity index (χ1n) is 7.53. The first kappa shape index (κ1) is 17.6. The van der Waals surface area contributed by atoms with E-state index in [9.17, 15) is 9.18 Å². The number of hydrogen-bond acceptors (Lipinski definition) is 3. The van der Waals surface area contributed by atoms with Crippen LogP contribution in [0.3, 0.4) is 0 Å². The number of likely N-dealkylation sites (N-methyl/N-ethyl adjacent to an activating group) is 1. The smallest absolute Gasteiger partial charge is 0.242 e. The first-order chi connectivity index (χ1) is 10.00. The summed E-state index contributed by atoms with van der Waals surface area (Å²) in [5, 5.41) is 3.24. The lowest BCUT2D eigenvalue weighted by molar-refractivity contribution is -0.125. The van der Waals surface area contributed by atoms with Crippen LogP contribution < -0.4 is 11.1 Å². The third-order valence-electron chi connectivity index (χ3n) is 4.02. The molecule has 1 aromatic carbocycles. The standard InChI is InChI=1S/C16H26FN3O/c1-4-16(15(18)21,13-8-7-9-14(17)12-13)19-10-11-20(5-2)6-3/h7-9,12,19H,4-6,10-11H2,1-3H3,(H2,18,21). The van der Waals surface area contributed by atoms with Gasteiger partial charge in [0, 0.05) is 13.1 Å². The topological polar surface area (TPSA) is 58.4 Å². The lowest BCUT2D eigenvalue weighted by Crippen LogP contribution is -2.54. The summed E-state index contributed by atoms with van der Waals surface area (Å²) in [7, 11) is 0. The van der Waals surface area contributed by atoms with E-state index in [1.54, 1.807) is 12.1 Å². The van der Waals surface area contributed by atoms with Gasteiger partial charge < -0.3 is 10.6 Å². The van der Waals surface area contributed by atoms with Gasteiger partial charge in [-0.15, -0.1) is 0 Å². The summed E-state index contributed by atoms with van der Waals surface area (Å²) in [6.45, 7) is 9.41. The van der Waals surface area contributed by atoms with E-state index < -0.39 is 11.4 Å². The van der Waals surface area contributed by atoms with E-state index in [0.29, 0.717) is 18.5 Å². The van der Waals surface area contributed by atoms with E-state index >= 15 is 0 Å². The van der Waals surface area contributed by atoms with E-state index in [0.717, 1.165) is 19.6 Å². The summed E-state index contributed by atoms with van der Waals surface area (Å²) in [4.78, 5) is 14.3. The summed E-state index contributed by atoms with van der Waals surface area (Å²) < 4.78 is 13.5. The second-order valence-corrected chi connectivity index (χ2v) is 5.09. The van der Waals surface area contributed by atoms with Crippen LogP contribution in [0.1, 0.15) is 32.8 Å². The van der Waals surface area contributed by atoms with Gasteiger partial charge in [-0.25, -0.2) is 4.39 Å². The Labute approximate surface area is 126 Å². The number of rotatable bonds is 9. The highest BCUT2D eigenvalue weighted by molar-refractivity contribution is 5.86. The van der Waals surface area contributed by atoms with Gasteiger partial charge in [0.25, 0.3) is 0 Å². The Bertz CT molecular complexity index is 463. The Balaban J connectivity index is 2.92. The summed E-state index contributed by atoms with van der Waals surface area (Å²) in [5.41, 5.74) is 5.17. The van der Waals surface area contributed by atoms with Crippen LogP contribution >= 0.6 is 0 Å². The number of amides is 1. The van der Waals surface area contributed by atoms with Gasteiger partial charge in [-0.3, -0.25) is 10.1 Å². The average Bonchev–Trinajstić information content (AvgIpc) is 2.47. The van der Waals surface area contributed by atoms with Gasteiger partial charge in [0.2, 0.25) is 5.91 Å². The van der Waals surface area contributed by atoms with Crippen LogP contribution in [0.5, 0.6) is 0 Å². The molecule has 1 aromatic rings. The molecular formula is C16H26FN3O. The number of nitrogens with zero attached hydrogens (tertiary/aromatic N) is 1. The lowest BCUT2D eigenvalue weighted by atomic mass is 9.86. The van der Waals surface area contributed by atoms with E-state index in [1.807, 2.05) is 6.92 Å². The molecule has 1 amide bonds. The minimum absolute atomic E-state index is 0.364. The van der Waals surface area contributed by atoms with Crippen LogP contribution in [-0.4, -0.2) is 37.0 Å². The molecule has 0 heterocycles. The predicted octanol–water partition coefficient (Wildman–Crippen LogP) is 1.85. The molecule has 1 atom stereocenters. The van der Waals surface area contributed by atoms with Gasteiger partial charge in [0.15, 0.2) is 0 Å². The van der Waals surface area contributed by atoms with E-state index in [1.165, 1.54) is 12.1 Å². The Morgan fingerprint density at radius 3 is 2.48 bits per heavy atom. The highest BCUT2D eigenvalue weighted by Gasteiger charge is 2.36. The molecule has 0 aliphatic carbocycles. The lowest BCUT2D eigenvalue weighted by Gasteiger charge is -2.32. The number of nitrogens with one attached hydrogen (secondary N) is 1. The summed E-state index contributed by atoms with van der Waals surface area (Å²) >= 11 is 0. The number of nitrogens with two attached hydrogens (primary N) is 1. The van der Waals surface area contributed by atoms with Crippen LogP contribution in [0.2, 0.25) is 0 Å². The van der Waals surface area contributed by atoms with Crippen molar-refractivity contribution < 1.29 is 9.18 Å². The Morgan fingerprint density at radius 2 is 2.00 bits per heavy atom. The zero-order valence-corrected chi connectivity index (χ0v) is 13.2. The van der Waals surface area contributed by atoms with Crippen molar-refractivity contribution in [2.75, 3.05) is 26.2 Å². The zero-order valence-electron chi connectivity index (χ0n) is 13.2. The van der Waals surface area contributed by atoms with Crippen LogP contribution in [0.25, 0.3) is 0 Å². The van der Waals surface area contributed by atoms with Crippen LogP contribution in [0, 0.1) is 5.82 Å². The number of primary amides is 1. The van der Waals surface area contributed by atoms with Crippen molar-refractivity contribution in [3.63, 3.8) is 0 Å². The molecule has 0 aliphatic heterocycles. The minimum atomic E-state index is -1.02. The normalized spacial score (nSPS) is 14.1. The maximum atomic E-state index is 13.5. The van der Waals surface area contributed by atoms with Crippen molar-refractivity contribution in [3.05, 3.63) is 35.6 Å². The zero-order chi connectivity index (χ0) is 15.9. The molecule has 5 heteroatoms. The molecule has 118 valence electrons. The number of hydrogen-bond donors (Lipinski definition) is 2. The SMILES string of the molecule is CCN(CC)CCNC(CC)(C(N)=O)c1cccc(F)c1. The third-order valence-corrected chi connectivity index (χ3v) is 4.02. The molecule has 1 rings (SSSR count). The monoisotopic (exact) mass is 295 g/mol. The number of carbonyl (C=O) groups is 1. The molecule has 1 unspecified atom stereocenters. The molecule has 0 saturated heterocycles. The van der Waals surface area contributed by atoms with Crippen molar-refractivity contribution in [1.29, 1.82) is 0 Å². The van der Waals surface area contributed by atoms with Gasteiger partial charge in [-0.05, 0) is 37.2 Å². The average molecular weight is 295 g/mol. The molecule has 3 N–H and O–H groups in total. The van der Waals surface area contributed by atoms with E-state index in [4.69, 9.17) is 5.73 Å². The second kappa shape index (κ2) is 8.10. The van der Waals surface area contributed by atoms with Crippen molar-refractivity contribution in [3.8, 4) is 0 Å². The van der Waals surface area contributed by atoms with E-state index in [-0.39, 0.29) is 5.82 Å². The first-order valence-corrected chi connectivity index (χ1v) is 7.53. The molecule has 0 radical (unpaired) electrons. The number of carbonyl (C=O) groups excluding carboxylic acids is 1. The quantitative estimate of drug-likeness (QED) is 0.731. The molecule has 0 fully saturated rings. The summed E-state index contributed by atoms with van der Waals surface area (Å²) in [5.74, 6) is -0.840. The number of halogens is 1. The van der Waals surface area contributed by atoms with Crippen molar-refractivity contribution in [1.82, 2.24) is 10.2 Å². The van der Waals surface area contributed by atoms with Crippen molar-refractivity contribution in [2.45, 2.75) is 32.7 Å². The largest absolute Gasteiger partial charge is 0.368 e. The van der Waals surface area contributed by atoms with Crippen LogP contribution in [0.4, 0.5) is 4.39 Å². The molecule has 0 aliphatic rings. The van der Waals surface area contributed by atoms with Gasteiger partial charge in [0.1, 0.15) is 11.4 Å². The fourth-order valence-corrected chi connectivity index (χ4v) is 2.56. The Kier molecular flexibility index (Phi) is 6.78. The predicted molar refractivity (Wildman–Crippen MR) is 83.4 cm³/mol. The highest BCUT2D eigenvalue weighted by atomic mass is 19.1. The minimum Gasteiger partial charge on any atom is -0.368 e. The number of benzene rings is 1. The highest BCUT2D eigenvalue weighted by Crippen LogP contribution is 2.25. The molecule has 0 aromatic heterocycles. The second-order valence-electron chi connectivity index (χ2n) is 5.09. The Hall–Kier alpha value is -1.46. The molecule has 0 bridgehead atoms. The maximum absolute atomic E-state index is 13.5.